The molecule has 1 aromatic heterocycles. The minimum absolute atomic E-state index is 0.583. The van der Waals surface area contributed by atoms with Gasteiger partial charge in [0.2, 0.25) is 0 Å². The van der Waals surface area contributed by atoms with Crippen molar-refractivity contribution in [1.29, 1.82) is 0 Å². The number of nitrogens with zero attached hydrogens (tertiary/aromatic N) is 2. The lowest BCUT2D eigenvalue weighted by Gasteiger charge is -2.11. The van der Waals surface area contributed by atoms with Crippen LogP contribution in [0.25, 0.3) is 11.3 Å². The zero-order valence-electron chi connectivity index (χ0n) is 9.99. The van der Waals surface area contributed by atoms with Crippen molar-refractivity contribution in [3.05, 3.63) is 28.8 Å². The molecule has 2 aromatic rings. The van der Waals surface area contributed by atoms with E-state index in [2.05, 4.69) is 5.10 Å². The number of halogens is 1. The fourth-order valence-corrected chi connectivity index (χ4v) is 2.01. The number of ether oxygens (including phenoxy) is 1. The van der Waals surface area contributed by atoms with Crippen molar-refractivity contribution in [1.82, 2.24) is 9.78 Å². The minimum atomic E-state index is 0.583. The molecule has 0 aliphatic rings. The van der Waals surface area contributed by atoms with Crippen LogP contribution >= 0.6 is 11.6 Å². The van der Waals surface area contributed by atoms with E-state index in [1.807, 2.05) is 19.1 Å². The van der Waals surface area contributed by atoms with Gasteiger partial charge in [-0.15, -0.1) is 0 Å². The van der Waals surface area contributed by atoms with Gasteiger partial charge in [0, 0.05) is 13.1 Å². The third-order valence-electron chi connectivity index (χ3n) is 2.68. The molecule has 0 fully saturated rings. The molecule has 17 heavy (non-hydrogen) atoms. The highest BCUT2D eigenvalue weighted by molar-refractivity contribution is 6.33. The van der Waals surface area contributed by atoms with E-state index in [1.54, 1.807) is 24.9 Å². The summed E-state index contributed by atoms with van der Waals surface area (Å²) in [5.41, 5.74) is 8.28. The summed E-state index contributed by atoms with van der Waals surface area (Å²) in [6, 6.07) is 5.53. The van der Waals surface area contributed by atoms with Crippen LogP contribution in [0.5, 0.6) is 5.75 Å². The summed E-state index contributed by atoms with van der Waals surface area (Å²) in [6.45, 7) is 1.96. The van der Waals surface area contributed by atoms with Crippen molar-refractivity contribution >= 4 is 17.4 Å². The number of nitrogens with two attached hydrogens (primary N) is 1. The first-order valence-corrected chi connectivity index (χ1v) is 5.55. The quantitative estimate of drug-likeness (QED) is 0.893. The normalized spacial score (nSPS) is 10.6. The van der Waals surface area contributed by atoms with Gasteiger partial charge in [-0.2, -0.15) is 5.10 Å². The van der Waals surface area contributed by atoms with Gasteiger partial charge in [0.05, 0.1) is 23.4 Å². The summed E-state index contributed by atoms with van der Waals surface area (Å²) in [7, 11) is 3.41. The number of nitrogen functional groups attached to an aromatic ring is 1. The molecule has 0 aliphatic carbocycles. The average molecular weight is 252 g/mol. The van der Waals surface area contributed by atoms with Crippen molar-refractivity contribution < 1.29 is 4.74 Å². The van der Waals surface area contributed by atoms with E-state index in [0.717, 1.165) is 22.6 Å². The Morgan fingerprint density at radius 1 is 1.41 bits per heavy atom. The Morgan fingerprint density at radius 3 is 2.65 bits per heavy atom. The fraction of sp³-hybridized carbons (Fsp3) is 0.250. The first-order valence-electron chi connectivity index (χ1n) is 5.17. The monoisotopic (exact) mass is 251 g/mol. The van der Waals surface area contributed by atoms with Crippen molar-refractivity contribution in [2.24, 2.45) is 7.05 Å². The third kappa shape index (κ3) is 1.96. The molecule has 0 atom stereocenters. The van der Waals surface area contributed by atoms with Crippen LogP contribution in [0.4, 0.5) is 5.82 Å². The number of methoxy groups -OCH3 is 1. The van der Waals surface area contributed by atoms with Crippen LogP contribution in [0.1, 0.15) is 5.56 Å². The van der Waals surface area contributed by atoms with Crippen LogP contribution < -0.4 is 10.5 Å². The Labute approximate surface area is 105 Å². The molecule has 0 amide bonds. The van der Waals surface area contributed by atoms with Crippen LogP contribution in [0, 0.1) is 6.92 Å². The van der Waals surface area contributed by atoms with Gasteiger partial charge < -0.3 is 10.5 Å². The van der Waals surface area contributed by atoms with Gasteiger partial charge in [-0.05, 0) is 18.6 Å². The maximum Gasteiger partial charge on any atom is 0.132 e. The third-order valence-corrected chi connectivity index (χ3v) is 2.99. The number of benzene rings is 1. The lowest BCUT2D eigenvalue weighted by Crippen LogP contribution is -1.97. The summed E-state index contributed by atoms with van der Waals surface area (Å²) in [6.07, 6.45) is 0. The van der Waals surface area contributed by atoms with Crippen molar-refractivity contribution in [2.75, 3.05) is 12.8 Å². The van der Waals surface area contributed by atoms with Gasteiger partial charge in [-0.25, -0.2) is 0 Å². The van der Waals surface area contributed by atoms with Crippen LogP contribution in [0.15, 0.2) is 18.2 Å². The predicted octanol–water partition coefficient (Wildman–Crippen LogP) is 2.64. The second-order valence-corrected chi connectivity index (χ2v) is 4.26. The maximum atomic E-state index is 6.21. The molecule has 1 heterocycles. The first kappa shape index (κ1) is 11.8. The summed E-state index contributed by atoms with van der Waals surface area (Å²) in [4.78, 5) is 0. The van der Waals surface area contributed by atoms with Gasteiger partial charge in [0.25, 0.3) is 0 Å². The molecule has 0 saturated heterocycles. The second-order valence-electron chi connectivity index (χ2n) is 3.85. The number of rotatable bonds is 2. The molecule has 0 bridgehead atoms. The molecule has 90 valence electrons. The van der Waals surface area contributed by atoms with E-state index in [-0.39, 0.29) is 0 Å². The van der Waals surface area contributed by atoms with Crippen molar-refractivity contribution in [3.8, 4) is 17.0 Å². The van der Waals surface area contributed by atoms with E-state index < -0.39 is 0 Å². The molecule has 5 heteroatoms. The number of anilines is 1. The standard InChI is InChI=1S/C12H14ClN3O/c1-7-4-5-8(13)11(12(7)17-3)9-6-10(14)16(2)15-9/h4-6H,14H2,1-3H3. The van der Waals surface area contributed by atoms with Gasteiger partial charge >= 0.3 is 0 Å². The Kier molecular flexibility index (Phi) is 2.98. The molecule has 0 aliphatic heterocycles. The molecule has 0 radical (unpaired) electrons. The van der Waals surface area contributed by atoms with Crippen LogP contribution in [-0.4, -0.2) is 16.9 Å². The Bertz CT molecular complexity index is 544. The number of aromatic nitrogens is 2. The molecule has 1 aromatic carbocycles. The highest BCUT2D eigenvalue weighted by atomic mass is 35.5. The molecule has 0 saturated carbocycles. The number of hydrogen-bond acceptors (Lipinski definition) is 3. The van der Waals surface area contributed by atoms with Crippen molar-refractivity contribution in [3.63, 3.8) is 0 Å². The SMILES string of the molecule is COc1c(C)ccc(Cl)c1-c1cc(N)n(C)n1. The zero-order valence-corrected chi connectivity index (χ0v) is 10.7. The molecular weight excluding hydrogens is 238 g/mol. The Hall–Kier alpha value is -1.68. The maximum absolute atomic E-state index is 6.21. The summed E-state index contributed by atoms with van der Waals surface area (Å²) < 4.78 is 6.99. The molecule has 4 nitrogen and oxygen atoms in total. The molecular formula is C12H14ClN3O. The smallest absolute Gasteiger partial charge is 0.132 e. The van der Waals surface area contributed by atoms with Gasteiger partial charge in [-0.3, -0.25) is 4.68 Å². The van der Waals surface area contributed by atoms with Crippen LogP contribution in [0.2, 0.25) is 5.02 Å². The average Bonchev–Trinajstić information content (AvgIpc) is 2.61. The summed E-state index contributed by atoms with van der Waals surface area (Å²) >= 11 is 6.21. The zero-order chi connectivity index (χ0) is 12.6. The van der Waals surface area contributed by atoms with E-state index in [0.29, 0.717) is 10.8 Å². The van der Waals surface area contributed by atoms with E-state index in [4.69, 9.17) is 22.1 Å². The Morgan fingerprint density at radius 2 is 2.12 bits per heavy atom. The molecule has 0 spiro atoms. The van der Waals surface area contributed by atoms with Gasteiger partial charge in [-0.1, -0.05) is 17.7 Å². The number of aryl methyl sites for hydroxylation is 2. The van der Waals surface area contributed by atoms with Crippen LogP contribution in [0.3, 0.4) is 0 Å². The molecule has 0 unspecified atom stereocenters. The van der Waals surface area contributed by atoms with Gasteiger partial charge in [0.1, 0.15) is 11.6 Å². The van der Waals surface area contributed by atoms with E-state index in [1.165, 1.54) is 0 Å². The minimum Gasteiger partial charge on any atom is -0.496 e. The van der Waals surface area contributed by atoms with Gasteiger partial charge in [0.15, 0.2) is 0 Å². The lowest BCUT2D eigenvalue weighted by atomic mass is 10.1. The van der Waals surface area contributed by atoms with E-state index >= 15 is 0 Å². The van der Waals surface area contributed by atoms with Crippen molar-refractivity contribution in [2.45, 2.75) is 6.92 Å². The first-order chi connectivity index (χ1) is 8.04. The molecule has 2 N–H and O–H groups in total. The fourth-order valence-electron chi connectivity index (χ4n) is 1.77. The second kappa shape index (κ2) is 4.30. The largest absolute Gasteiger partial charge is 0.496 e. The van der Waals surface area contributed by atoms with Crippen LogP contribution in [-0.2, 0) is 7.05 Å². The lowest BCUT2D eigenvalue weighted by molar-refractivity contribution is 0.413. The van der Waals surface area contributed by atoms with E-state index in [9.17, 15) is 0 Å². The number of hydrogen-bond donors (Lipinski definition) is 1. The molecule has 2 rings (SSSR count). The Balaban J connectivity index is 2.69. The summed E-state index contributed by atoms with van der Waals surface area (Å²) in [5, 5.41) is 4.92. The summed E-state index contributed by atoms with van der Waals surface area (Å²) in [5.74, 6) is 1.32. The highest BCUT2D eigenvalue weighted by Gasteiger charge is 2.16. The highest BCUT2D eigenvalue weighted by Crippen LogP contribution is 2.38. The topological polar surface area (TPSA) is 53.1 Å². The predicted molar refractivity (Wildman–Crippen MR) is 69.4 cm³/mol.